The molecule has 2 aliphatic rings. The van der Waals surface area contributed by atoms with Crippen molar-refractivity contribution in [2.24, 2.45) is 5.11 Å². The number of hydrogen-bond acceptors (Lipinski definition) is 10. The third kappa shape index (κ3) is 5.57. The molecule has 0 N–H and O–H groups in total. The van der Waals surface area contributed by atoms with Gasteiger partial charge in [-0.3, -0.25) is 9.59 Å². The van der Waals surface area contributed by atoms with E-state index in [0.29, 0.717) is 16.2 Å². The van der Waals surface area contributed by atoms with E-state index in [0.717, 1.165) is 0 Å². The number of nitrogens with zero attached hydrogens (tertiary/aromatic N) is 7. The van der Waals surface area contributed by atoms with E-state index in [1.54, 1.807) is 44.2 Å². The molecule has 0 bridgehead atoms. The van der Waals surface area contributed by atoms with Gasteiger partial charge in [0.1, 0.15) is 35.1 Å². The topological polar surface area (TPSA) is 202 Å². The standard InChI is InChI=1S/C24H17N7O6/c1-24(2)17(16(12-27)23(36-24)15(10-25)11-26)5-3-14-4-6-18(29-30-28)19(9-14)35-13-22(34)37-31-20(32)7-8-21(31)33/h3-6,9H,7-8,13H2,1-2H3/b5-3+. The van der Waals surface area contributed by atoms with Crippen molar-refractivity contribution >= 4 is 29.5 Å². The van der Waals surface area contributed by atoms with Crippen molar-refractivity contribution in [2.75, 3.05) is 6.61 Å². The van der Waals surface area contributed by atoms with Crippen LogP contribution >= 0.6 is 0 Å². The first-order chi connectivity index (χ1) is 17.6. The number of benzene rings is 1. The van der Waals surface area contributed by atoms with Gasteiger partial charge >= 0.3 is 5.97 Å². The Morgan fingerprint density at radius 3 is 2.49 bits per heavy atom. The van der Waals surface area contributed by atoms with Crippen molar-refractivity contribution in [1.29, 1.82) is 15.8 Å². The van der Waals surface area contributed by atoms with Gasteiger partial charge in [-0.05, 0) is 37.1 Å². The maximum absolute atomic E-state index is 12.1. The van der Waals surface area contributed by atoms with Crippen LogP contribution in [0.25, 0.3) is 16.5 Å². The van der Waals surface area contributed by atoms with Crippen LogP contribution in [-0.4, -0.2) is 35.1 Å². The fourth-order valence-corrected chi connectivity index (χ4v) is 3.47. The van der Waals surface area contributed by atoms with Crippen molar-refractivity contribution in [3.8, 4) is 24.0 Å². The second-order valence-electron chi connectivity index (χ2n) is 8.02. The summed E-state index contributed by atoms with van der Waals surface area (Å²) in [5.74, 6) is -2.40. The summed E-state index contributed by atoms with van der Waals surface area (Å²) in [6, 6.07) is 9.86. The summed E-state index contributed by atoms with van der Waals surface area (Å²) in [4.78, 5) is 42.7. The summed E-state index contributed by atoms with van der Waals surface area (Å²) < 4.78 is 11.1. The second-order valence-corrected chi connectivity index (χ2v) is 8.02. The SMILES string of the molecule is CC1(C)OC(=C(C#N)C#N)C(C#N)=C1/C=C/c1ccc(N=[N+]=[N-])c(OCC(=O)ON2C(=O)CCC2=O)c1. The maximum Gasteiger partial charge on any atom is 0.370 e. The lowest BCUT2D eigenvalue weighted by Gasteiger charge is -2.20. The number of imide groups is 1. The molecule has 1 aromatic carbocycles. The summed E-state index contributed by atoms with van der Waals surface area (Å²) in [6.45, 7) is 2.65. The van der Waals surface area contributed by atoms with Crippen molar-refractivity contribution in [3.05, 3.63) is 62.8 Å². The molecule has 0 aliphatic carbocycles. The van der Waals surface area contributed by atoms with E-state index in [4.69, 9.17) is 19.8 Å². The number of rotatable bonds is 7. The zero-order valence-corrected chi connectivity index (χ0v) is 19.6. The molecule has 0 atom stereocenters. The van der Waals surface area contributed by atoms with E-state index in [1.807, 2.05) is 6.07 Å². The number of ether oxygens (including phenoxy) is 2. The zero-order valence-electron chi connectivity index (χ0n) is 19.6. The minimum absolute atomic E-state index is 0.00391. The number of azide groups is 1. The Bertz CT molecular complexity index is 1430. The first kappa shape index (κ1) is 26.0. The lowest BCUT2D eigenvalue weighted by atomic mass is 9.94. The molecule has 0 unspecified atom stereocenters. The maximum atomic E-state index is 12.1. The quantitative estimate of drug-likeness (QED) is 0.177. The van der Waals surface area contributed by atoms with Crippen molar-refractivity contribution < 1.29 is 28.7 Å². The highest BCUT2D eigenvalue weighted by Crippen LogP contribution is 2.40. The Hall–Kier alpha value is -5.57. The van der Waals surface area contributed by atoms with E-state index in [9.17, 15) is 30.2 Å². The van der Waals surface area contributed by atoms with Gasteiger partial charge in [-0.15, -0.1) is 5.06 Å². The lowest BCUT2D eigenvalue weighted by Crippen LogP contribution is -2.33. The summed E-state index contributed by atoms with van der Waals surface area (Å²) in [6.07, 6.45) is 3.05. The molecule has 2 heterocycles. The van der Waals surface area contributed by atoms with Crippen LogP contribution in [0, 0.1) is 34.0 Å². The van der Waals surface area contributed by atoms with Gasteiger partial charge in [0, 0.05) is 23.3 Å². The predicted molar refractivity (Wildman–Crippen MR) is 123 cm³/mol. The molecule has 2 amide bonds. The summed E-state index contributed by atoms with van der Waals surface area (Å²) in [5, 5.41) is 31.9. The average molecular weight is 499 g/mol. The minimum atomic E-state index is -1.02. The van der Waals surface area contributed by atoms with Gasteiger partial charge in [-0.1, -0.05) is 23.3 Å². The van der Waals surface area contributed by atoms with E-state index in [-0.39, 0.29) is 41.2 Å². The van der Waals surface area contributed by atoms with Crippen LogP contribution in [0.5, 0.6) is 5.75 Å². The van der Waals surface area contributed by atoms with Crippen LogP contribution < -0.4 is 4.74 Å². The molecule has 13 heteroatoms. The van der Waals surface area contributed by atoms with E-state index < -0.39 is 30.0 Å². The molecule has 184 valence electrons. The summed E-state index contributed by atoms with van der Waals surface area (Å²) in [5.41, 5.74) is 8.49. The van der Waals surface area contributed by atoms with Gasteiger partial charge in [0.2, 0.25) is 0 Å². The zero-order chi connectivity index (χ0) is 27.2. The Kier molecular flexibility index (Phi) is 7.59. The van der Waals surface area contributed by atoms with Crippen molar-refractivity contribution in [3.63, 3.8) is 0 Å². The van der Waals surface area contributed by atoms with E-state index >= 15 is 0 Å². The van der Waals surface area contributed by atoms with Crippen LogP contribution in [0.4, 0.5) is 5.69 Å². The van der Waals surface area contributed by atoms with Gasteiger partial charge < -0.3 is 14.3 Å². The highest BCUT2D eigenvalue weighted by molar-refractivity contribution is 6.01. The fourth-order valence-electron chi connectivity index (χ4n) is 3.47. The highest BCUT2D eigenvalue weighted by Gasteiger charge is 2.38. The van der Waals surface area contributed by atoms with Gasteiger partial charge in [0.05, 0.1) is 5.69 Å². The predicted octanol–water partition coefficient (Wildman–Crippen LogP) is 3.56. The Morgan fingerprint density at radius 1 is 1.22 bits per heavy atom. The van der Waals surface area contributed by atoms with Gasteiger partial charge in [0.15, 0.2) is 17.9 Å². The van der Waals surface area contributed by atoms with Crippen molar-refractivity contribution in [1.82, 2.24) is 5.06 Å². The van der Waals surface area contributed by atoms with E-state index in [2.05, 4.69) is 10.0 Å². The first-order valence-corrected chi connectivity index (χ1v) is 10.6. The molecular weight excluding hydrogens is 482 g/mol. The third-order valence-electron chi connectivity index (χ3n) is 5.19. The van der Waals surface area contributed by atoms with Crippen LogP contribution in [0.1, 0.15) is 32.3 Å². The largest absolute Gasteiger partial charge is 0.481 e. The van der Waals surface area contributed by atoms with Gasteiger partial charge in [0.25, 0.3) is 11.8 Å². The Morgan fingerprint density at radius 2 is 1.89 bits per heavy atom. The molecule has 0 radical (unpaired) electrons. The molecule has 0 spiro atoms. The van der Waals surface area contributed by atoms with E-state index in [1.165, 1.54) is 12.1 Å². The van der Waals surface area contributed by atoms with Crippen LogP contribution in [0.15, 0.2) is 51.9 Å². The molecule has 1 fully saturated rings. The van der Waals surface area contributed by atoms with Gasteiger partial charge in [-0.2, -0.15) is 15.8 Å². The summed E-state index contributed by atoms with van der Waals surface area (Å²) >= 11 is 0. The number of carbonyl (C=O) groups is 3. The monoisotopic (exact) mass is 499 g/mol. The Labute approximate surface area is 210 Å². The fraction of sp³-hybridized carbons (Fsp3) is 0.250. The lowest BCUT2D eigenvalue weighted by molar-refractivity contribution is -0.198. The molecule has 0 saturated carbocycles. The number of nitriles is 3. The number of amides is 2. The third-order valence-corrected chi connectivity index (χ3v) is 5.19. The number of allylic oxidation sites excluding steroid dienone is 2. The number of hydrogen-bond donors (Lipinski definition) is 0. The number of hydroxylamine groups is 2. The minimum Gasteiger partial charge on any atom is -0.481 e. The molecule has 37 heavy (non-hydrogen) atoms. The molecule has 1 saturated heterocycles. The summed E-state index contributed by atoms with van der Waals surface area (Å²) in [7, 11) is 0. The van der Waals surface area contributed by atoms with Crippen LogP contribution in [-0.2, 0) is 24.0 Å². The smallest absolute Gasteiger partial charge is 0.370 e. The van der Waals surface area contributed by atoms with Gasteiger partial charge in [-0.25, -0.2) is 4.79 Å². The average Bonchev–Trinajstić information content (AvgIpc) is 3.32. The molecule has 1 aromatic rings. The van der Waals surface area contributed by atoms with Crippen molar-refractivity contribution in [2.45, 2.75) is 32.3 Å². The highest BCUT2D eigenvalue weighted by atomic mass is 16.7. The molecule has 2 aliphatic heterocycles. The van der Waals surface area contributed by atoms with Crippen LogP contribution in [0.3, 0.4) is 0 Å². The molecule has 13 nitrogen and oxygen atoms in total. The molecule has 3 rings (SSSR count). The number of carbonyl (C=O) groups excluding carboxylic acids is 3. The Balaban J connectivity index is 1.87. The second kappa shape index (κ2) is 10.8. The normalized spacial score (nSPS) is 16.0. The first-order valence-electron chi connectivity index (χ1n) is 10.6. The van der Waals surface area contributed by atoms with Crippen LogP contribution in [0.2, 0.25) is 0 Å². The molecular formula is C24H17N7O6. The molecule has 0 aromatic heterocycles.